The molecule has 6 nitrogen and oxygen atoms in total. The van der Waals surface area contributed by atoms with Crippen LogP contribution in [0, 0.1) is 0 Å². The monoisotopic (exact) mass is 301 g/mol. The van der Waals surface area contributed by atoms with Gasteiger partial charge < -0.3 is 9.84 Å². The van der Waals surface area contributed by atoms with Crippen molar-refractivity contribution in [1.82, 2.24) is 4.31 Å². The average molecular weight is 301 g/mol. The molecule has 112 valence electrons. The molecule has 0 aliphatic carbocycles. The van der Waals surface area contributed by atoms with Gasteiger partial charge in [0, 0.05) is 13.1 Å². The number of aliphatic hydroxyl groups excluding tert-OH is 1. The van der Waals surface area contributed by atoms with E-state index in [2.05, 4.69) is 0 Å². The number of aliphatic hydroxyl groups is 1. The summed E-state index contributed by atoms with van der Waals surface area (Å²) in [5, 5.41) is 9.02. The summed E-state index contributed by atoms with van der Waals surface area (Å²) in [6.45, 7) is 3.29. The van der Waals surface area contributed by atoms with Crippen LogP contribution in [0.1, 0.15) is 24.2 Å². The summed E-state index contributed by atoms with van der Waals surface area (Å²) in [5.41, 5.74) is 0.295. The van der Waals surface area contributed by atoms with Crippen molar-refractivity contribution in [2.45, 2.75) is 24.8 Å². The first kappa shape index (κ1) is 16.6. The van der Waals surface area contributed by atoms with Gasteiger partial charge in [-0.05, 0) is 38.1 Å². The summed E-state index contributed by atoms with van der Waals surface area (Å²) >= 11 is 0. The van der Waals surface area contributed by atoms with Gasteiger partial charge in [-0.2, -0.15) is 4.31 Å². The predicted octanol–water partition coefficient (Wildman–Crippen LogP) is 0.865. The maximum Gasteiger partial charge on any atom is 0.338 e. The first-order valence-electron chi connectivity index (χ1n) is 6.20. The molecule has 0 aromatic heterocycles. The minimum absolute atomic E-state index is 0.0633. The second-order valence-corrected chi connectivity index (χ2v) is 6.30. The lowest BCUT2D eigenvalue weighted by atomic mass is 10.2. The zero-order chi connectivity index (χ0) is 15.3. The minimum atomic E-state index is -3.68. The van der Waals surface area contributed by atoms with E-state index in [0.29, 0.717) is 5.56 Å². The van der Waals surface area contributed by atoms with Gasteiger partial charge in [0.2, 0.25) is 10.0 Å². The van der Waals surface area contributed by atoms with Gasteiger partial charge in [-0.25, -0.2) is 13.2 Å². The fourth-order valence-corrected chi connectivity index (χ4v) is 2.85. The van der Waals surface area contributed by atoms with Crippen LogP contribution >= 0.6 is 0 Å². The Hall–Kier alpha value is -1.44. The molecule has 1 aromatic carbocycles. The Bertz CT molecular complexity index is 553. The Morgan fingerprint density at radius 2 is 1.90 bits per heavy atom. The summed E-state index contributed by atoms with van der Waals surface area (Å²) in [6, 6.07) is 4.99. The van der Waals surface area contributed by atoms with Crippen LogP contribution in [0.25, 0.3) is 0 Å². The van der Waals surface area contributed by atoms with Gasteiger partial charge in [0.1, 0.15) is 0 Å². The van der Waals surface area contributed by atoms with Crippen molar-refractivity contribution in [1.29, 1.82) is 0 Å². The van der Waals surface area contributed by atoms with E-state index in [1.807, 2.05) is 0 Å². The predicted molar refractivity (Wildman–Crippen MR) is 73.9 cm³/mol. The molecule has 1 rings (SSSR count). The third-order valence-electron chi connectivity index (χ3n) is 2.93. The van der Waals surface area contributed by atoms with E-state index in [4.69, 9.17) is 9.84 Å². The van der Waals surface area contributed by atoms with Crippen LogP contribution in [0.5, 0.6) is 0 Å². The lowest BCUT2D eigenvalue weighted by Gasteiger charge is -2.22. The van der Waals surface area contributed by atoms with Crippen LogP contribution in [-0.2, 0) is 14.8 Å². The SMILES string of the molecule is CCOC(=O)c1ccc(S(=O)(=O)N(C)C(C)CO)cc1. The summed E-state index contributed by atoms with van der Waals surface area (Å²) < 4.78 is 30.4. The van der Waals surface area contributed by atoms with Crippen molar-refractivity contribution in [2.75, 3.05) is 20.3 Å². The van der Waals surface area contributed by atoms with Gasteiger partial charge in [0.15, 0.2) is 0 Å². The number of benzene rings is 1. The van der Waals surface area contributed by atoms with Crippen molar-refractivity contribution in [2.24, 2.45) is 0 Å². The number of carbonyl (C=O) groups is 1. The van der Waals surface area contributed by atoms with Crippen LogP contribution in [0.15, 0.2) is 29.2 Å². The van der Waals surface area contributed by atoms with Crippen molar-refractivity contribution < 1.29 is 23.1 Å². The van der Waals surface area contributed by atoms with Crippen LogP contribution in [-0.4, -0.2) is 50.1 Å². The van der Waals surface area contributed by atoms with Gasteiger partial charge in [-0.3, -0.25) is 0 Å². The van der Waals surface area contributed by atoms with Crippen molar-refractivity contribution in [3.8, 4) is 0 Å². The third kappa shape index (κ3) is 3.56. The Kier molecular flexibility index (Phi) is 5.67. The molecule has 1 aromatic rings. The smallest absolute Gasteiger partial charge is 0.338 e. The number of carbonyl (C=O) groups excluding carboxylic acids is 1. The fraction of sp³-hybridized carbons (Fsp3) is 0.462. The number of hydrogen-bond donors (Lipinski definition) is 1. The van der Waals surface area contributed by atoms with Crippen LogP contribution in [0.3, 0.4) is 0 Å². The average Bonchev–Trinajstić information content (AvgIpc) is 2.45. The highest BCUT2D eigenvalue weighted by molar-refractivity contribution is 7.89. The van der Waals surface area contributed by atoms with E-state index in [1.54, 1.807) is 13.8 Å². The zero-order valence-electron chi connectivity index (χ0n) is 11.7. The molecule has 0 saturated carbocycles. The number of rotatable bonds is 6. The van der Waals surface area contributed by atoms with Gasteiger partial charge in [0.25, 0.3) is 0 Å². The van der Waals surface area contributed by atoms with Gasteiger partial charge in [0.05, 0.1) is 23.7 Å². The molecular weight excluding hydrogens is 282 g/mol. The second-order valence-electron chi connectivity index (χ2n) is 4.30. The molecule has 20 heavy (non-hydrogen) atoms. The number of likely N-dealkylation sites (N-methyl/N-ethyl adjacent to an activating group) is 1. The van der Waals surface area contributed by atoms with E-state index in [1.165, 1.54) is 31.3 Å². The third-order valence-corrected chi connectivity index (χ3v) is 4.91. The van der Waals surface area contributed by atoms with E-state index in [9.17, 15) is 13.2 Å². The Balaban J connectivity index is 3.01. The Morgan fingerprint density at radius 1 is 1.35 bits per heavy atom. The summed E-state index contributed by atoms with van der Waals surface area (Å²) in [7, 11) is -2.29. The van der Waals surface area contributed by atoms with Gasteiger partial charge in [-0.15, -0.1) is 0 Å². The second kappa shape index (κ2) is 6.83. The molecule has 1 atom stereocenters. The number of esters is 1. The molecule has 0 fully saturated rings. The summed E-state index contributed by atoms with van der Waals surface area (Å²) in [6.07, 6.45) is 0. The molecular formula is C13H19NO5S. The molecule has 0 spiro atoms. The summed E-state index contributed by atoms with van der Waals surface area (Å²) in [5.74, 6) is -0.492. The number of sulfonamides is 1. The lowest BCUT2D eigenvalue weighted by molar-refractivity contribution is 0.0526. The molecule has 0 heterocycles. The van der Waals surface area contributed by atoms with E-state index >= 15 is 0 Å². The molecule has 0 aliphatic heterocycles. The maximum atomic E-state index is 12.2. The van der Waals surface area contributed by atoms with Crippen LogP contribution < -0.4 is 0 Å². The Morgan fingerprint density at radius 3 is 2.35 bits per heavy atom. The topological polar surface area (TPSA) is 83.9 Å². The van der Waals surface area contributed by atoms with Crippen molar-refractivity contribution >= 4 is 16.0 Å². The molecule has 0 aliphatic rings. The standard InChI is InChI=1S/C13H19NO5S/c1-4-19-13(16)11-5-7-12(8-6-11)20(17,18)14(3)10(2)9-15/h5-8,10,15H,4,9H2,1-3H3. The molecule has 0 radical (unpaired) electrons. The number of nitrogens with zero attached hydrogens (tertiary/aromatic N) is 1. The minimum Gasteiger partial charge on any atom is -0.462 e. The van der Waals surface area contributed by atoms with E-state index in [-0.39, 0.29) is 18.1 Å². The van der Waals surface area contributed by atoms with Gasteiger partial charge >= 0.3 is 5.97 Å². The lowest BCUT2D eigenvalue weighted by Crippen LogP contribution is -2.37. The Labute approximate surface area is 119 Å². The molecule has 1 unspecified atom stereocenters. The van der Waals surface area contributed by atoms with E-state index in [0.717, 1.165) is 4.31 Å². The van der Waals surface area contributed by atoms with Gasteiger partial charge in [-0.1, -0.05) is 0 Å². The molecule has 7 heteroatoms. The summed E-state index contributed by atoms with van der Waals surface area (Å²) in [4.78, 5) is 11.5. The number of hydrogen-bond acceptors (Lipinski definition) is 5. The van der Waals surface area contributed by atoms with Crippen molar-refractivity contribution in [3.05, 3.63) is 29.8 Å². The van der Waals surface area contributed by atoms with Crippen molar-refractivity contribution in [3.63, 3.8) is 0 Å². The van der Waals surface area contributed by atoms with E-state index < -0.39 is 22.0 Å². The fourth-order valence-electron chi connectivity index (χ4n) is 1.50. The highest BCUT2D eigenvalue weighted by atomic mass is 32.2. The number of ether oxygens (including phenoxy) is 1. The normalized spacial score (nSPS) is 13.2. The maximum absolute atomic E-state index is 12.2. The highest BCUT2D eigenvalue weighted by Crippen LogP contribution is 2.17. The molecule has 0 saturated heterocycles. The molecule has 0 bridgehead atoms. The molecule has 0 amide bonds. The molecule has 1 N–H and O–H groups in total. The quantitative estimate of drug-likeness (QED) is 0.788. The first-order chi connectivity index (χ1) is 9.34. The highest BCUT2D eigenvalue weighted by Gasteiger charge is 2.25. The first-order valence-corrected chi connectivity index (χ1v) is 7.64. The van der Waals surface area contributed by atoms with Crippen LogP contribution in [0.2, 0.25) is 0 Å². The largest absolute Gasteiger partial charge is 0.462 e. The van der Waals surface area contributed by atoms with Crippen LogP contribution in [0.4, 0.5) is 0 Å². The zero-order valence-corrected chi connectivity index (χ0v) is 12.6.